The number of aryl methyl sites for hydroxylation is 1. The summed E-state index contributed by atoms with van der Waals surface area (Å²) in [6.45, 7) is 0.0342. The van der Waals surface area contributed by atoms with E-state index in [4.69, 9.17) is 0 Å². The lowest BCUT2D eigenvalue weighted by molar-refractivity contribution is 0.207. The maximum atomic E-state index is 13.8. The van der Waals surface area contributed by atoms with Crippen LogP contribution in [0.2, 0.25) is 0 Å². The molecule has 0 spiro atoms. The van der Waals surface area contributed by atoms with Crippen LogP contribution in [0.15, 0.2) is 24.3 Å². The van der Waals surface area contributed by atoms with Crippen LogP contribution in [0.3, 0.4) is 0 Å². The first kappa shape index (κ1) is 11.3. The third-order valence-electron chi connectivity index (χ3n) is 3.39. The molecule has 1 aromatic heterocycles. The van der Waals surface area contributed by atoms with E-state index < -0.39 is 0 Å². The van der Waals surface area contributed by atoms with Crippen LogP contribution in [0.25, 0.3) is 11.4 Å². The van der Waals surface area contributed by atoms with Crippen molar-refractivity contribution in [3.05, 3.63) is 35.9 Å². The molecule has 1 N–H and O–H groups in total. The Hall–Kier alpha value is -1.75. The molecule has 1 aromatic carbocycles. The third-order valence-corrected chi connectivity index (χ3v) is 3.39. The van der Waals surface area contributed by atoms with Crippen molar-refractivity contribution in [2.45, 2.75) is 25.3 Å². The molecule has 0 radical (unpaired) electrons. The minimum atomic E-state index is -0.310. The zero-order chi connectivity index (χ0) is 12.5. The summed E-state index contributed by atoms with van der Waals surface area (Å²) in [5, 5.41) is 17.6. The van der Waals surface area contributed by atoms with Crippen LogP contribution in [0.4, 0.5) is 4.39 Å². The Morgan fingerprint density at radius 3 is 2.94 bits per heavy atom. The maximum absolute atomic E-state index is 13.8. The summed E-state index contributed by atoms with van der Waals surface area (Å²) in [7, 11) is 0. The van der Waals surface area contributed by atoms with Gasteiger partial charge in [0.15, 0.2) is 5.82 Å². The zero-order valence-corrected chi connectivity index (χ0v) is 9.88. The van der Waals surface area contributed by atoms with Crippen molar-refractivity contribution in [1.82, 2.24) is 14.8 Å². The lowest BCUT2D eigenvalue weighted by Gasteiger charge is -2.24. The number of aliphatic hydroxyl groups excluding tert-OH is 1. The first-order chi connectivity index (χ1) is 8.81. The number of fused-ring (bicyclic) bond motifs is 1. The second-order valence-corrected chi connectivity index (χ2v) is 4.52. The van der Waals surface area contributed by atoms with Crippen molar-refractivity contribution < 1.29 is 9.50 Å². The van der Waals surface area contributed by atoms with Gasteiger partial charge in [-0.25, -0.2) is 4.39 Å². The molecule has 0 amide bonds. The fourth-order valence-electron chi connectivity index (χ4n) is 2.50. The van der Waals surface area contributed by atoms with Crippen molar-refractivity contribution in [3.8, 4) is 11.4 Å². The highest BCUT2D eigenvalue weighted by Crippen LogP contribution is 2.30. The topological polar surface area (TPSA) is 50.9 Å². The molecule has 2 heterocycles. The van der Waals surface area contributed by atoms with E-state index in [1.165, 1.54) is 6.07 Å². The van der Waals surface area contributed by atoms with E-state index in [0.717, 1.165) is 25.1 Å². The molecule has 1 unspecified atom stereocenters. The maximum Gasteiger partial charge on any atom is 0.167 e. The van der Waals surface area contributed by atoms with Crippen LogP contribution in [0, 0.1) is 5.82 Å². The van der Waals surface area contributed by atoms with Crippen molar-refractivity contribution in [2.75, 3.05) is 6.61 Å². The van der Waals surface area contributed by atoms with Gasteiger partial charge in [0.2, 0.25) is 0 Å². The van der Waals surface area contributed by atoms with Gasteiger partial charge in [-0.15, -0.1) is 10.2 Å². The van der Waals surface area contributed by atoms with Crippen molar-refractivity contribution >= 4 is 0 Å². The molecule has 1 atom stereocenters. The Kier molecular flexibility index (Phi) is 2.83. The molecular weight excluding hydrogens is 233 g/mol. The lowest BCUT2D eigenvalue weighted by atomic mass is 10.0. The normalized spacial score (nSPS) is 18.7. The van der Waals surface area contributed by atoms with Crippen LogP contribution in [-0.2, 0) is 6.42 Å². The highest BCUT2D eigenvalue weighted by atomic mass is 19.1. The van der Waals surface area contributed by atoms with Crippen LogP contribution in [0.5, 0.6) is 0 Å². The van der Waals surface area contributed by atoms with E-state index in [0.29, 0.717) is 11.4 Å². The molecule has 4 nitrogen and oxygen atoms in total. The molecule has 0 fully saturated rings. The second kappa shape index (κ2) is 4.49. The number of rotatable bonds is 2. The summed E-state index contributed by atoms with van der Waals surface area (Å²) in [5.74, 6) is 1.04. The lowest BCUT2D eigenvalue weighted by Crippen LogP contribution is -2.21. The van der Waals surface area contributed by atoms with Crippen molar-refractivity contribution in [3.63, 3.8) is 0 Å². The zero-order valence-electron chi connectivity index (χ0n) is 9.88. The molecule has 0 aliphatic carbocycles. The smallest absolute Gasteiger partial charge is 0.167 e. The molecule has 18 heavy (non-hydrogen) atoms. The van der Waals surface area contributed by atoms with Gasteiger partial charge in [0.25, 0.3) is 0 Å². The van der Waals surface area contributed by atoms with E-state index in [2.05, 4.69) is 10.2 Å². The molecule has 0 saturated carbocycles. The average molecular weight is 247 g/mol. The number of hydrogen-bond acceptors (Lipinski definition) is 3. The summed E-state index contributed by atoms with van der Waals surface area (Å²) in [4.78, 5) is 0. The Morgan fingerprint density at radius 2 is 2.17 bits per heavy atom. The fourth-order valence-corrected chi connectivity index (χ4v) is 2.50. The van der Waals surface area contributed by atoms with Gasteiger partial charge in [0, 0.05) is 6.42 Å². The monoisotopic (exact) mass is 247 g/mol. The fraction of sp³-hybridized carbons (Fsp3) is 0.385. The van der Waals surface area contributed by atoms with Gasteiger partial charge in [0.1, 0.15) is 11.6 Å². The summed E-state index contributed by atoms with van der Waals surface area (Å²) in [6.07, 6.45) is 2.70. The highest BCUT2D eigenvalue weighted by molar-refractivity contribution is 5.56. The number of benzene rings is 1. The van der Waals surface area contributed by atoms with Gasteiger partial charge in [-0.3, -0.25) is 0 Å². The van der Waals surface area contributed by atoms with Crippen LogP contribution >= 0.6 is 0 Å². The Bertz CT molecular complexity index is 567. The molecular formula is C13H14FN3O. The standard InChI is InChI=1S/C13H14FN3O/c14-11-6-2-1-5-10(11)13-16-15-12-7-3-4-9(8-18)17(12)13/h1-2,5-6,9,18H,3-4,7-8H2. The number of aliphatic hydroxyl groups is 1. The predicted molar refractivity (Wildman–Crippen MR) is 64.5 cm³/mol. The van der Waals surface area contributed by atoms with E-state index in [1.54, 1.807) is 18.2 Å². The molecule has 0 bridgehead atoms. The molecule has 94 valence electrons. The minimum absolute atomic E-state index is 0.0342. The second-order valence-electron chi connectivity index (χ2n) is 4.52. The van der Waals surface area contributed by atoms with Gasteiger partial charge < -0.3 is 9.67 Å². The molecule has 2 aromatic rings. The van der Waals surface area contributed by atoms with E-state index in [-0.39, 0.29) is 18.5 Å². The molecule has 3 rings (SSSR count). The van der Waals surface area contributed by atoms with Gasteiger partial charge in [-0.05, 0) is 25.0 Å². The quantitative estimate of drug-likeness (QED) is 0.882. The SMILES string of the molecule is OCC1CCCc2nnc(-c3ccccc3F)n21. The Morgan fingerprint density at radius 1 is 1.33 bits per heavy atom. The van der Waals surface area contributed by atoms with Crippen LogP contribution in [0.1, 0.15) is 24.7 Å². The van der Waals surface area contributed by atoms with Crippen molar-refractivity contribution in [2.24, 2.45) is 0 Å². The first-order valence-electron chi connectivity index (χ1n) is 6.11. The summed E-state index contributed by atoms with van der Waals surface area (Å²) >= 11 is 0. The van der Waals surface area contributed by atoms with Gasteiger partial charge in [-0.2, -0.15) is 0 Å². The third kappa shape index (κ3) is 1.71. The minimum Gasteiger partial charge on any atom is -0.394 e. The summed E-state index contributed by atoms with van der Waals surface area (Å²) < 4.78 is 15.7. The largest absolute Gasteiger partial charge is 0.394 e. The number of halogens is 1. The molecule has 1 aliphatic rings. The summed E-state index contributed by atoms with van der Waals surface area (Å²) in [5.41, 5.74) is 0.441. The molecule has 1 aliphatic heterocycles. The molecule has 0 saturated heterocycles. The van der Waals surface area contributed by atoms with Crippen molar-refractivity contribution in [1.29, 1.82) is 0 Å². The summed E-state index contributed by atoms with van der Waals surface area (Å²) in [6, 6.07) is 6.48. The van der Waals surface area contributed by atoms with Gasteiger partial charge >= 0.3 is 0 Å². The van der Waals surface area contributed by atoms with Crippen LogP contribution in [-0.4, -0.2) is 26.5 Å². The van der Waals surface area contributed by atoms with Gasteiger partial charge in [-0.1, -0.05) is 12.1 Å². The Labute approximate surface area is 104 Å². The van der Waals surface area contributed by atoms with E-state index in [9.17, 15) is 9.50 Å². The number of aromatic nitrogens is 3. The van der Waals surface area contributed by atoms with E-state index >= 15 is 0 Å². The van der Waals surface area contributed by atoms with E-state index in [1.807, 2.05) is 4.57 Å². The Balaban J connectivity index is 2.14. The average Bonchev–Trinajstić information content (AvgIpc) is 2.83. The van der Waals surface area contributed by atoms with Gasteiger partial charge in [0.05, 0.1) is 18.2 Å². The highest BCUT2D eigenvalue weighted by Gasteiger charge is 2.25. The number of nitrogens with zero attached hydrogens (tertiary/aromatic N) is 3. The first-order valence-corrected chi connectivity index (χ1v) is 6.11. The number of hydrogen-bond donors (Lipinski definition) is 1. The van der Waals surface area contributed by atoms with Crippen LogP contribution < -0.4 is 0 Å². The predicted octanol–water partition coefficient (Wildman–Crippen LogP) is 1.95. The molecule has 5 heteroatoms.